The molecule has 0 bridgehead atoms. The predicted molar refractivity (Wildman–Crippen MR) is 91.1 cm³/mol. The first-order valence-electron chi connectivity index (χ1n) is 8.25. The van der Waals surface area contributed by atoms with Crippen molar-refractivity contribution in [2.45, 2.75) is 25.9 Å². The molecule has 0 atom stereocenters. The summed E-state index contributed by atoms with van der Waals surface area (Å²) >= 11 is 0. The smallest absolute Gasteiger partial charge is 0.260 e. The Morgan fingerprint density at radius 2 is 2.00 bits per heavy atom. The molecule has 126 valence electrons. The Kier molecular flexibility index (Phi) is 5.31. The number of amides is 1. The van der Waals surface area contributed by atoms with Gasteiger partial charge < -0.3 is 14.4 Å². The van der Waals surface area contributed by atoms with Crippen molar-refractivity contribution in [3.63, 3.8) is 0 Å². The van der Waals surface area contributed by atoms with Gasteiger partial charge in [-0.05, 0) is 30.7 Å². The fraction of sp³-hybridized carbons (Fsp3) is 0.368. The highest BCUT2D eigenvalue weighted by molar-refractivity contribution is 5.77. The lowest BCUT2D eigenvalue weighted by Gasteiger charge is -2.32. The molecule has 3 rings (SSSR count). The summed E-state index contributed by atoms with van der Waals surface area (Å²) in [6.07, 6.45) is 5.22. The van der Waals surface area contributed by atoms with Crippen LogP contribution in [0.25, 0.3) is 0 Å². The number of aromatic nitrogens is 1. The van der Waals surface area contributed by atoms with Gasteiger partial charge in [0.05, 0.1) is 6.20 Å². The Hall–Kier alpha value is -2.56. The maximum absolute atomic E-state index is 12.3. The molecule has 5 heteroatoms. The quantitative estimate of drug-likeness (QED) is 0.848. The van der Waals surface area contributed by atoms with Gasteiger partial charge in [0.25, 0.3) is 5.91 Å². The molecular formula is C19H22N2O3. The largest absolute Gasteiger partial charge is 0.489 e. The average molecular weight is 326 g/mol. The van der Waals surface area contributed by atoms with E-state index in [1.54, 1.807) is 12.4 Å². The number of piperidine rings is 1. The number of likely N-dealkylation sites (tertiary alicyclic amines) is 1. The zero-order valence-electron chi connectivity index (χ0n) is 13.9. The van der Waals surface area contributed by atoms with E-state index < -0.39 is 0 Å². The zero-order valence-corrected chi connectivity index (χ0v) is 13.9. The Morgan fingerprint density at radius 1 is 1.21 bits per heavy atom. The number of hydrogen-bond acceptors (Lipinski definition) is 4. The van der Waals surface area contributed by atoms with E-state index in [2.05, 4.69) is 4.98 Å². The van der Waals surface area contributed by atoms with Crippen molar-refractivity contribution in [2.75, 3.05) is 19.7 Å². The van der Waals surface area contributed by atoms with Crippen molar-refractivity contribution in [2.24, 2.45) is 0 Å². The lowest BCUT2D eigenvalue weighted by Crippen LogP contribution is -2.43. The van der Waals surface area contributed by atoms with Crippen LogP contribution in [0.2, 0.25) is 0 Å². The molecule has 0 aliphatic carbocycles. The van der Waals surface area contributed by atoms with E-state index in [0.29, 0.717) is 13.1 Å². The molecule has 0 N–H and O–H groups in total. The third kappa shape index (κ3) is 4.25. The fourth-order valence-electron chi connectivity index (χ4n) is 2.78. The lowest BCUT2D eigenvalue weighted by atomic mass is 10.1. The maximum atomic E-state index is 12.3. The average Bonchev–Trinajstić information content (AvgIpc) is 2.62. The van der Waals surface area contributed by atoms with Gasteiger partial charge in [0.15, 0.2) is 6.61 Å². The molecule has 0 saturated carbocycles. The summed E-state index contributed by atoms with van der Waals surface area (Å²) < 4.78 is 11.5. The maximum Gasteiger partial charge on any atom is 0.260 e. The van der Waals surface area contributed by atoms with Crippen LogP contribution >= 0.6 is 0 Å². The summed E-state index contributed by atoms with van der Waals surface area (Å²) in [6.45, 7) is 3.45. The number of pyridine rings is 1. The first kappa shape index (κ1) is 16.3. The third-order valence-electron chi connectivity index (χ3n) is 4.18. The lowest BCUT2D eigenvalue weighted by molar-refractivity contribution is -0.135. The number of rotatable bonds is 5. The highest BCUT2D eigenvalue weighted by atomic mass is 16.5. The number of ether oxygens (including phenoxy) is 2. The van der Waals surface area contributed by atoms with Crippen molar-refractivity contribution in [3.05, 3.63) is 54.4 Å². The van der Waals surface area contributed by atoms with Crippen LogP contribution in [-0.4, -0.2) is 41.6 Å². The highest BCUT2D eigenvalue weighted by Crippen LogP contribution is 2.19. The van der Waals surface area contributed by atoms with Crippen LogP contribution < -0.4 is 9.47 Å². The second kappa shape index (κ2) is 7.81. The molecule has 2 aromatic rings. The Morgan fingerprint density at radius 3 is 2.71 bits per heavy atom. The van der Waals surface area contributed by atoms with Crippen LogP contribution in [0.5, 0.6) is 11.5 Å². The molecule has 1 amide bonds. The van der Waals surface area contributed by atoms with Crippen molar-refractivity contribution in [1.82, 2.24) is 9.88 Å². The number of nitrogens with zero attached hydrogens (tertiary/aromatic N) is 2. The van der Waals surface area contributed by atoms with E-state index in [1.807, 2.05) is 48.2 Å². The van der Waals surface area contributed by atoms with E-state index in [0.717, 1.165) is 29.9 Å². The first-order chi connectivity index (χ1) is 11.7. The number of para-hydroxylation sites is 1. The van der Waals surface area contributed by atoms with Gasteiger partial charge in [0.2, 0.25) is 0 Å². The van der Waals surface area contributed by atoms with Crippen LogP contribution in [0.1, 0.15) is 18.4 Å². The number of aryl methyl sites for hydroxylation is 1. The van der Waals surface area contributed by atoms with Gasteiger partial charge in [0.1, 0.15) is 17.6 Å². The van der Waals surface area contributed by atoms with Gasteiger partial charge in [-0.3, -0.25) is 9.78 Å². The molecule has 2 heterocycles. The molecule has 1 saturated heterocycles. The van der Waals surface area contributed by atoms with E-state index in [4.69, 9.17) is 9.47 Å². The van der Waals surface area contributed by atoms with Gasteiger partial charge in [0, 0.05) is 32.1 Å². The highest BCUT2D eigenvalue weighted by Gasteiger charge is 2.24. The van der Waals surface area contributed by atoms with Crippen LogP contribution in [0.4, 0.5) is 0 Å². The monoisotopic (exact) mass is 326 g/mol. The molecule has 0 radical (unpaired) electrons. The van der Waals surface area contributed by atoms with Crippen LogP contribution in [0.3, 0.4) is 0 Å². The zero-order chi connectivity index (χ0) is 16.8. The Labute approximate surface area is 142 Å². The predicted octanol–water partition coefficient (Wildman–Crippen LogP) is 2.84. The minimum atomic E-state index is 0.0260. The summed E-state index contributed by atoms with van der Waals surface area (Å²) in [5.74, 6) is 1.57. The van der Waals surface area contributed by atoms with Crippen molar-refractivity contribution in [1.29, 1.82) is 0 Å². The minimum Gasteiger partial charge on any atom is -0.489 e. The van der Waals surface area contributed by atoms with Gasteiger partial charge in [-0.25, -0.2) is 0 Å². The summed E-state index contributed by atoms with van der Waals surface area (Å²) in [4.78, 5) is 18.2. The van der Waals surface area contributed by atoms with Gasteiger partial charge in [-0.2, -0.15) is 0 Å². The molecule has 24 heavy (non-hydrogen) atoms. The van der Waals surface area contributed by atoms with Crippen LogP contribution in [0.15, 0.2) is 48.8 Å². The number of carbonyl (C=O) groups excluding carboxylic acids is 1. The van der Waals surface area contributed by atoms with Gasteiger partial charge in [-0.1, -0.05) is 18.2 Å². The summed E-state index contributed by atoms with van der Waals surface area (Å²) in [6, 6.07) is 11.5. The molecule has 0 spiro atoms. The Balaban J connectivity index is 1.44. The Bertz CT molecular complexity index is 667. The van der Waals surface area contributed by atoms with E-state index in [1.165, 1.54) is 0 Å². The number of carbonyl (C=O) groups is 1. The molecule has 1 aliphatic heterocycles. The van der Waals surface area contributed by atoms with Crippen molar-refractivity contribution < 1.29 is 14.3 Å². The summed E-state index contributed by atoms with van der Waals surface area (Å²) in [5, 5.41) is 0. The van der Waals surface area contributed by atoms with E-state index >= 15 is 0 Å². The molecular weight excluding hydrogens is 304 g/mol. The van der Waals surface area contributed by atoms with E-state index in [9.17, 15) is 4.79 Å². The minimum absolute atomic E-state index is 0.0260. The standard InChI is InChI=1S/C19H22N2O3/c1-15-5-2-3-7-18(15)23-14-19(22)21-11-8-16(9-12-21)24-17-6-4-10-20-13-17/h2-7,10,13,16H,8-9,11-12,14H2,1H3. The molecule has 1 aromatic carbocycles. The molecule has 0 unspecified atom stereocenters. The first-order valence-corrected chi connectivity index (χ1v) is 8.25. The van der Waals surface area contributed by atoms with Gasteiger partial charge in [-0.15, -0.1) is 0 Å². The second-order valence-electron chi connectivity index (χ2n) is 5.94. The number of hydrogen-bond donors (Lipinski definition) is 0. The van der Waals surface area contributed by atoms with Crippen LogP contribution in [0, 0.1) is 6.92 Å². The normalized spacial score (nSPS) is 15.1. The fourth-order valence-corrected chi connectivity index (χ4v) is 2.78. The second-order valence-corrected chi connectivity index (χ2v) is 5.94. The molecule has 1 aromatic heterocycles. The topological polar surface area (TPSA) is 51.7 Å². The summed E-state index contributed by atoms with van der Waals surface area (Å²) in [5.41, 5.74) is 1.04. The summed E-state index contributed by atoms with van der Waals surface area (Å²) in [7, 11) is 0. The van der Waals surface area contributed by atoms with Crippen LogP contribution in [-0.2, 0) is 4.79 Å². The molecule has 1 aliphatic rings. The molecule has 1 fully saturated rings. The third-order valence-corrected chi connectivity index (χ3v) is 4.18. The molecule has 5 nitrogen and oxygen atoms in total. The van der Waals surface area contributed by atoms with E-state index in [-0.39, 0.29) is 18.6 Å². The SMILES string of the molecule is Cc1ccccc1OCC(=O)N1CCC(Oc2cccnc2)CC1. The van der Waals surface area contributed by atoms with Crippen molar-refractivity contribution in [3.8, 4) is 11.5 Å². The van der Waals surface area contributed by atoms with Gasteiger partial charge >= 0.3 is 0 Å². The number of benzene rings is 1. The van der Waals surface area contributed by atoms with Crippen molar-refractivity contribution >= 4 is 5.91 Å².